The van der Waals surface area contributed by atoms with Crippen LogP contribution in [-0.2, 0) is 6.54 Å². The van der Waals surface area contributed by atoms with Gasteiger partial charge in [-0.05, 0) is 74.5 Å². The molecule has 0 saturated carbocycles. The molecule has 1 saturated heterocycles. The summed E-state index contributed by atoms with van der Waals surface area (Å²) in [5.41, 5.74) is 5.21. The maximum atomic E-state index is 12.9. The van der Waals surface area contributed by atoms with Gasteiger partial charge in [-0.15, -0.1) is 12.4 Å². The van der Waals surface area contributed by atoms with Crippen molar-refractivity contribution in [2.45, 2.75) is 25.8 Å². The highest BCUT2D eigenvalue weighted by Gasteiger charge is 2.26. The van der Waals surface area contributed by atoms with Crippen molar-refractivity contribution in [3.05, 3.63) is 83.4 Å². The molecule has 188 valence electrons. The van der Waals surface area contributed by atoms with Crippen molar-refractivity contribution >= 4 is 47.0 Å². The van der Waals surface area contributed by atoms with Crippen LogP contribution in [0.25, 0.3) is 0 Å². The Morgan fingerprint density at radius 2 is 1.58 bits per heavy atom. The molecule has 0 spiro atoms. The minimum Gasteiger partial charge on any atom is -0.384 e. The highest BCUT2D eigenvalue weighted by atomic mass is 35.5. The summed E-state index contributed by atoms with van der Waals surface area (Å²) in [6, 6.07) is 21.0. The van der Waals surface area contributed by atoms with Gasteiger partial charge >= 0.3 is 0 Å². The standard InChI is InChI=1S/C28H31N5O2.ClH/c34-27(20-9-11-21(12-10-20)29-15-18-33-16-5-2-6-17-33)32-25-14-13-24(23-19-30-28(35)26(23)25)31-22-7-3-1-4-8-22;/h1,3-4,7-14,29,31H,2,5-6,15-19H2,(H,30,35)(H,32,34);1H. The molecule has 0 bridgehead atoms. The molecule has 0 aromatic heterocycles. The van der Waals surface area contributed by atoms with Crippen molar-refractivity contribution in [3.8, 4) is 0 Å². The first kappa shape index (κ1) is 25.5. The van der Waals surface area contributed by atoms with E-state index >= 15 is 0 Å². The highest BCUT2D eigenvalue weighted by molar-refractivity contribution is 6.11. The Morgan fingerprint density at radius 1 is 0.861 bits per heavy atom. The second kappa shape index (κ2) is 11.9. The lowest BCUT2D eigenvalue weighted by Crippen LogP contribution is -2.33. The molecule has 5 rings (SSSR count). The number of nitrogens with one attached hydrogen (secondary N) is 4. The lowest BCUT2D eigenvalue weighted by atomic mass is 10.0. The number of rotatable bonds is 8. The Morgan fingerprint density at radius 3 is 2.33 bits per heavy atom. The van der Waals surface area contributed by atoms with E-state index in [1.165, 1.54) is 32.4 Å². The van der Waals surface area contributed by atoms with E-state index < -0.39 is 0 Å². The number of anilines is 4. The van der Waals surface area contributed by atoms with E-state index in [1.54, 1.807) is 6.07 Å². The molecule has 1 fully saturated rings. The summed E-state index contributed by atoms with van der Waals surface area (Å²) in [5, 5.41) is 12.6. The number of nitrogens with zero attached hydrogens (tertiary/aromatic N) is 1. The fourth-order valence-corrected chi connectivity index (χ4v) is 4.72. The van der Waals surface area contributed by atoms with E-state index in [0.29, 0.717) is 23.4 Å². The first-order valence-electron chi connectivity index (χ1n) is 12.3. The molecule has 3 aromatic carbocycles. The normalized spacial score (nSPS) is 14.8. The topological polar surface area (TPSA) is 85.5 Å². The number of fused-ring (bicyclic) bond motifs is 1. The van der Waals surface area contributed by atoms with Crippen LogP contribution in [0.5, 0.6) is 0 Å². The Balaban J connectivity index is 0.00000304. The summed E-state index contributed by atoms with van der Waals surface area (Å²) in [5.74, 6) is -0.421. The van der Waals surface area contributed by atoms with Gasteiger partial charge in [0.2, 0.25) is 0 Å². The third-order valence-corrected chi connectivity index (χ3v) is 6.62. The van der Waals surface area contributed by atoms with Gasteiger partial charge in [0.1, 0.15) is 0 Å². The SMILES string of the molecule is Cl.O=C(Nc1ccc(Nc2ccccc2)c2c1C(=O)NC2)c1ccc(NCCN2CCCCC2)cc1. The number of carbonyl (C=O) groups is 2. The van der Waals surface area contributed by atoms with Gasteiger partial charge in [0.15, 0.2) is 0 Å². The van der Waals surface area contributed by atoms with Crippen LogP contribution >= 0.6 is 12.4 Å². The lowest BCUT2D eigenvalue weighted by Gasteiger charge is -2.26. The van der Waals surface area contributed by atoms with Gasteiger partial charge in [-0.25, -0.2) is 0 Å². The third kappa shape index (κ3) is 5.98. The number of benzene rings is 3. The Kier molecular flexibility index (Phi) is 8.46. The predicted molar refractivity (Wildman–Crippen MR) is 148 cm³/mol. The van der Waals surface area contributed by atoms with Crippen molar-refractivity contribution in [1.82, 2.24) is 10.2 Å². The number of hydrogen-bond acceptors (Lipinski definition) is 5. The number of likely N-dealkylation sites (tertiary alicyclic amines) is 1. The molecule has 4 N–H and O–H groups in total. The Bertz CT molecular complexity index is 1190. The fraction of sp³-hybridized carbons (Fsp3) is 0.286. The van der Waals surface area contributed by atoms with Crippen LogP contribution in [0.3, 0.4) is 0 Å². The Hall–Kier alpha value is -3.55. The van der Waals surface area contributed by atoms with E-state index in [9.17, 15) is 9.59 Å². The highest BCUT2D eigenvalue weighted by Crippen LogP contribution is 2.33. The smallest absolute Gasteiger partial charge is 0.255 e. The molecule has 2 heterocycles. The minimum atomic E-state index is -0.240. The van der Waals surface area contributed by atoms with Gasteiger partial charge in [0.05, 0.1) is 11.3 Å². The van der Waals surface area contributed by atoms with Crippen LogP contribution in [0.2, 0.25) is 0 Å². The molecule has 0 aliphatic carbocycles. The van der Waals surface area contributed by atoms with Crippen molar-refractivity contribution in [2.75, 3.05) is 42.1 Å². The van der Waals surface area contributed by atoms with Crippen molar-refractivity contribution in [1.29, 1.82) is 0 Å². The number of halogens is 1. The van der Waals surface area contributed by atoms with E-state index in [4.69, 9.17) is 0 Å². The molecule has 36 heavy (non-hydrogen) atoms. The van der Waals surface area contributed by atoms with Gasteiger partial charge < -0.3 is 26.2 Å². The quantitative estimate of drug-likeness (QED) is 0.336. The van der Waals surface area contributed by atoms with Crippen LogP contribution in [-0.4, -0.2) is 42.9 Å². The predicted octanol–water partition coefficient (Wildman–Crippen LogP) is 5.25. The molecule has 7 nitrogen and oxygen atoms in total. The molecular weight excluding hydrogens is 474 g/mol. The third-order valence-electron chi connectivity index (χ3n) is 6.62. The zero-order valence-corrected chi connectivity index (χ0v) is 21.0. The molecule has 0 atom stereocenters. The molecule has 3 aromatic rings. The molecule has 2 amide bonds. The summed E-state index contributed by atoms with van der Waals surface area (Å²) in [4.78, 5) is 28.0. The first-order chi connectivity index (χ1) is 17.2. The molecule has 8 heteroatoms. The van der Waals surface area contributed by atoms with E-state index in [1.807, 2.05) is 60.7 Å². The fourth-order valence-electron chi connectivity index (χ4n) is 4.72. The monoisotopic (exact) mass is 505 g/mol. The summed E-state index contributed by atoms with van der Waals surface area (Å²) in [6.07, 6.45) is 3.93. The second-order valence-electron chi connectivity index (χ2n) is 9.05. The summed E-state index contributed by atoms with van der Waals surface area (Å²) < 4.78 is 0. The minimum absolute atomic E-state index is 0. The summed E-state index contributed by atoms with van der Waals surface area (Å²) in [7, 11) is 0. The van der Waals surface area contributed by atoms with Crippen molar-refractivity contribution < 1.29 is 9.59 Å². The number of carbonyl (C=O) groups excluding carboxylic acids is 2. The maximum absolute atomic E-state index is 12.9. The first-order valence-corrected chi connectivity index (χ1v) is 12.3. The van der Waals surface area contributed by atoms with Gasteiger partial charge in [-0.3, -0.25) is 9.59 Å². The summed E-state index contributed by atoms with van der Waals surface area (Å²) >= 11 is 0. The molecule has 2 aliphatic heterocycles. The molecule has 0 unspecified atom stereocenters. The average Bonchev–Trinajstić information content (AvgIpc) is 3.29. The second-order valence-corrected chi connectivity index (χ2v) is 9.05. The lowest BCUT2D eigenvalue weighted by molar-refractivity contribution is 0.0966. The van der Waals surface area contributed by atoms with Gasteiger partial charge in [-0.2, -0.15) is 0 Å². The zero-order chi connectivity index (χ0) is 24.0. The molecular formula is C28H32ClN5O2. The summed E-state index contributed by atoms with van der Waals surface area (Å²) in [6.45, 7) is 4.71. The number of amides is 2. The Labute approximate surface area is 218 Å². The van der Waals surface area contributed by atoms with E-state index in [-0.39, 0.29) is 24.2 Å². The maximum Gasteiger partial charge on any atom is 0.255 e. The van der Waals surface area contributed by atoms with E-state index in [0.717, 1.165) is 35.7 Å². The van der Waals surface area contributed by atoms with Crippen LogP contribution < -0.4 is 21.3 Å². The number of piperidine rings is 1. The van der Waals surface area contributed by atoms with Crippen LogP contribution in [0, 0.1) is 0 Å². The molecule has 0 radical (unpaired) electrons. The van der Waals surface area contributed by atoms with Crippen LogP contribution in [0.4, 0.5) is 22.7 Å². The van der Waals surface area contributed by atoms with Crippen LogP contribution in [0.1, 0.15) is 45.5 Å². The zero-order valence-electron chi connectivity index (χ0n) is 20.2. The average molecular weight is 506 g/mol. The van der Waals surface area contributed by atoms with Crippen molar-refractivity contribution in [3.63, 3.8) is 0 Å². The van der Waals surface area contributed by atoms with Crippen molar-refractivity contribution in [2.24, 2.45) is 0 Å². The van der Waals surface area contributed by atoms with Gasteiger partial charge in [0, 0.05) is 47.8 Å². The van der Waals surface area contributed by atoms with Gasteiger partial charge in [0.25, 0.3) is 11.8 Å². The largest absolute Gasteiger partial charge is 0.384 e. The number of hydrogen-bond donors (Lipinski definition) is 4. The molecule has 2 aliphatic rings. The van der Waals surface area contributed by atoms with Crippen LogP contribution in [0.15, 0.2) is 66.7 Å². The van der Waals surface area contributed by atoms with Gasteiger partial charge in [-0.1, -0.05) is 24.6 Å². The number of para-hydroxylation sites is 1. The van der Waals surface area contributed by atoms with E-state index in [2.05, 4.69) is 26.2 Å².